The van der Waals surface area contributed by atoms with Gasteiger partial charge in [0.05, 0.1) is 22.9 Å². The molecule has 1 fully saturated rings. The van der Waals surface area contributed by atoms with Crippen molar-refractivity contribution >= 4 is 28.9 Å². The summed E-state index contributed by atoms with van der Waals surface area (Å²) in [5.74, 6) is 0. The summed E-state index contributed by atoms with van der Waals surface area (Å²) in [6, 6.07) is 5.41. The van der Waals surface area contributed by atoms with Gasteiger partial charge in [0.25, 0.3) is 0 Å². The lowest BCUT2D eigenvalue weighted by Gasteiger charge is -2.29. The Labute approximate surface area is 106 Å². The molecule has 2 N–H and O–H groups in total. The molecule has 16 heavy (non-hydrogen) atoms. The van der Waals surface area contributed by atoms with E-state index in [2.05, 4.69) is 5.32 Å². The SMILES string of the molecule is OC1CCCCC1Nc1cc(Cl)ccc1Cl. The van der Waals surface area contributed by atoms with Gasteiger partial charge in [-0.2, -0.15) is 0 Å². The van der Waals surface area contributed by atoms with E-state index in [0.29, 0.717) is 10.0 Å². The molecule has 0 aromatic heterocycles. The van der Waals surface area contributed by atoms with Crippen molar-refractivity contribution < 1.29 is 5.11 Å². The van der Waals surface area contributed by atoms with E-state index in [0.717, 1.165) is 31.4 Å². The van der Waals surface area contributed by atoms with Crippen molar-refractivity contribution in [1.29, 1.82) is 0 Å². The first-order chi connectivity index (χ1) is 7.66. The van der Waals surface area contributed by atoms with Crippen LogP contribution in [0, 0.1) is 0 Å². The second-order valence-corrected chi connectivity index (χ2v) is 5.07. The van der Waals surface area contributed by atoms with Crippen LogP contribution in [0.25, 0.3) is 0 Å². The fourth-order valence-corrected chi connectivity index (χ4v) is 2.43. The number of hydrogen-bond donors (Lipinski definition) is 2. The summed E-state index contributed by atoms with van der Waals surface area (Å²) in [4.78, 5) is 0. The number of aliphatic hydroxyl groups excluding tert-OH is 1. The predicted octanol–water partition coefficient (Wildman–Crippen LogP) is 3.71. The van der Waals surface area contributed by atoms with Crippen molar-refractivity contribution in [3.05, 3.63) is 28.2 Å². The van der Waals surface area contributed by atoms with Gasteiger partial charge in [0.2, 0.25) is 0 Å². The second-order valence-electron chi connectivity index (χ2n) is 4.23. The van der Waals surface area contributed by atoms with Gasteiger partial charge in [0.1, 0.15) is 0 Å². The number of anilines is 1. The van der Waals surface area contributed by atoms with Gasteiger partial charge in [0.15, 0.2) is 0 Å². The molecule has 2 rings (SSSR count). The van der Waals surface area contributed by atoms with Crippen LogP contribution in [0.2, 0.25) is 10.0 Å². The van der Waals surface area contributed by atoms with Gasteiger partial charge in [-0.05, 0) is 31.0 Å². The molecule has 0 bridgehead atoms. The van der Waals surface area contributed by atoms with Crippen molar-refractivity contribution in [2.24, 2.45) is 0 Å². The van der Waals surface area contributed by atoms with E-state index in [9.17, 15) is 5.11 Å². The van der Waals surface area contributed by atoms with Crippen molar-refractivity contribution in [2.75, 3.05) is 5.32 Å². The molecular formula is C12H15Cl2NO. The molecule has 4 heteroatoms. The molecule has 1 aliphatic rings. The van der Waals surface area contributed by atoms with E-state index >= 15 is 0 Å². The molecule has 1 aliphatic carbocycles. The van der Waals surface area contributed by atoms with E-state index in [4.69, 9.17) is 23.2 Å². The maximum atomic E-state index is 9.85. The van der Waals surface area contributed by atoms with Crippen LogP contribution in [-0.2, 0) is 0 Å². The third-order valence-corrected chi connectivity index (χ3v) is 3.56. The van der Waals surface area contributed by atoms with Crippen LogP contribution in [0.15, 0.2) is 18.2 Å². The van der Waals surface area contributed by atoms with Crippen molar-refractivity contribution in [1.82, 2.24) is 0 Å². The highest BCUT2D eigenvalue weighted by molar-refractivity contribution is 6.35. The minimum Gasteiger partial charge on any atom is -0.391 e. The van der Waals surface area contributed by atoms with Crippen LogP contribution in [-0.4, -0.2) is 17.3 Å². The molecule has 0 saturated heterocycles. The number of halogens is 2. The Morgan fingerprint density at radius 2 is 1.94 bits per heavy atom. The fraction of sp³-hybridized carbons (Fsp3) is 0.500. The van der Waals surface area contributed by atoms with Crippen LogP contribution in [0.4, 0.5) is 5.69 Å². The summed E-state index contributed by atoms with van der Waals surface area (Å²) in [6.45, 7) is 0. The minimum absolute atomic E-state index is 0.0877. The van der Waals surface area contributed by atoms with Crippen LogP contribution >= 0.6 is 23.2 Å². The Hall–Kier alpha value is -0.440. The average molecular weight is 260 g/mol. The van der Waals surface area contributed by atoms with Gasteiger partial charge in [0, 0.05) is 5.02 Å². The maximum absolute atomic E-state index is 9.85. The fourth-order valence-electron chi connectivity index (χ4n) is 2.09. The molecule has 0 aliphatic heterocycles. The molecule has 2 atom stereocenters. The Morgan fingerprint density at radius 3 is 2.69 bits per heavy atom. The van der Waals surface area contributed by atoms with Crippen LogP contribution in [0.5, 0.6) is 0 Å². The number of benzene rings is 1. The minimum atomic E-state index is -0.288. The summed E-state index contributed by atoms with van der Waals surface area (Å²) in [5.41, 5.74) is 0.806. The molecule has 88 valence electrons. The zero-order valence-corrected chi connectivity index (χ0v) is 10.4. The van der Waals surface area contributed by atoms with Crippen molar-refractivity contribution in [3.8, 4) is 0 Å². The molecule has 0 radical (unpaired) electrons. The Balaban J connectivity index is 2.10. The number of nitrogens with one attached hydrogen (secondary N) is 1. The molecule has 1 saturated carbocycles. The molecule has 0 heterocycles. The number of rotatable bonds is 2. The van der Waals surface area contributed by atoms with Gasteiger partial charge in [-0.15, -0.1) is 0 Å². The van der Waals surface area contributed by atoms with Crippen LogP contribution in [0.1, 0.15) is 25.7 Å². The molecular weight excluding hydrogens is 245 g/mol. The second kappa shape index (κ2) is 5.26. The predicted molar refractivity (Wildman–Crippen MR) is 68.3 cm³/mol. The zero-order valence-electron chi connectivity index (χ0n) is 8.92. The zero-order chi connectivity index (χ0) is 11.5. The Morgan fingerprint density at radius 1 is 1.19 bits per heavy atom. The summed E-state index contributed by atoms with van der Waals surface area (Å²) in [6.07, 6.45) is 3.79. The molecule has 0 spiro atoms. The van der Waals surface area contributed by atoms with Gasteiger partial charge < -0.3 is 10.4 Å². The van der Waals surface area contributed by atoms with Gasteiger partial charge >= 0.3 is 0 Å². The molecule has 2 unspecified atom stereocenters. The largest absolute Gasteiger partial charge is 0.391 e. The highest BCUT2D eigenvalue weighted by Gasteiger charge is 2.23. The topological polar surface area (TPSA) is 32.3 Å². The Bertz CT molecular complexity index is 370. The summed E-state index contributed by atoms with van der Waals surface area (Å²) < 4.78 is 0. The van der Waals surface area contributed by atoms with Crippen molar-refractivity contribution in [3.63, 3.8) is 0 Å². The van der Waals surface area contributed by atoms with Gasteiger partial charge in [-0.3, -0.25) is 0 Å². The first-order valence-corrected chi connectivity index (χ1v) is 6.32. The van der Waals surface area contributed by atoms with Gasteiger partial charge in [-0.1, -0.05) is 36.0 Å². The quantitative estimate of drug-likeness (QED) is 0.849. The lowest BCUT2D eigenvalue weighted by Crippen LogP contribution is -2.36. The van der Waals surface area contributed by atoms with E-state index in [1.54, 1.807) is 18.2 Å². The summed E-state index contributed by atoms with van der Waals surface area (Å²) in [5, 5.41) is 14.4. The third kappa shape index (κ3) is 2.82. The number of hydrogen-bond acceptors (Lipinski definition) is 2. The molecule has 1 aromatic rings. The van der Waals surface area contributed by atoms with E-state index in [-0.39, 0.29) is 12.1 Å². The average Bonchev–Trinajstić information content (AvgIpc) is 2.27. The highest BCUT2D eigenvalue weighted by Crippen LogP contribution is 2.29. The monoisotopic (exact) mass is 259 g/mol. The van der Waals surface area contributed by atoms with Crippen LogP contribution < -0.4 is 5.32 Å². The highest BCUT2D eigenvalue weighted by atomic mass is 35.5. The first-order valence-electron chi connectivity index (χ1n) is 5.56. The molecule has 2 nitrogen and oxygen atoms in total. The van der Waals surface area contributed by atoms with Gasteiger partial charge in [-0.25, -0.2) is 0 Å². The van der Waals surface area contributed by atoms with Crippen molar-refractivity contribution in [2.45, 2.75) is 37.8 Å². The van der Waals surface area contributed by atoms with Crippen LogP contribution in [0.3, 0.4) is 0 Å². The summed E-state index contributed by atoms with van der Waals surface area (Å²) >= 11 is 12.0. The number of aliphatic hydroxyl groups is 1. The lowest BCUT2D eigenvalue weighted by molar-refractivity contribution is 0.116. The maximum Gasteiger partial charge on any atom is 0.0741 e. The Kier molecular flexibility index (Phi) is 3.95. The first kappa shape index (κ1) is 12.0. The van der Waals surface area contributed by atoms with E-state index < -0.39 is 0 Å². The summed E-state index contributed by atoms with van der Waals surface area (Å²) in [7, 11) is 0. The van der Waals surface area contributed by atoms with E-state index in [1.165, 1.54) is 0 Å². The van der Waals surface area contributed by atoms with E-state index in [1.807, 2.05) is 0 Å². The third-order valence-electron chi connectivity index (χ3n) is 3.00. The smallest absolute Gasteiger partial charge is 0.0741 e. The molecule has 0 amide bonds. The molecule has 1 aromatic carbocycles. The standard InChI is InChI=1S/C12H15Cl2NO/c13-8-5-6-9(14)11(7-8)15-10-3-1-2-4-12(10)16/h5-7,10,12,15-16H,1-4H2. The normalized spacial score (nSPS) is 25.4. The lowest BCUT2D eigenvalue weighted by atomic mass is 9.92.